The lowest BCUT2D eigenvalue weighted by atomic mass is 9.85. The molecule has 0 radical (unpaired) electrons. The van der Waals surface area contributed by atoms with Crippen molar-refractivity contribution in [2.24, 2.45) is 5.92 Å². The number of methoxy groups -OCH3 is 1. The predicted octanol–water partition coefficient (Wildman–Crippen LogP) is 7.79. The average molecular weight is 622 g/mol. The predicted molar refractivity (Wildman–Crippen MR) is 179 cm³/mol. The second-order valence-corrected chi connectivity index (χ2v) is 15.0. The Kier molecular flexibility index (Phi) is 12.7. The van der Waals surface area contributed by atoms with Crippen LogP contribution in [0.3, 0.4) is 0 Å². The number of aryl methyl sites for hydroxylation is 1. The molecule has 1 aliphatic carbocycles. The minimum absolute atomic E-state index is 0.255. The highest BCUT2D eigenvalue weighted by atomic mass is 32.2. The van der Waals surface area contributed by atoms with E-state index in [0.29, 0.717) is 36.6 Å². The number of rotatable bonds is 15. The Labute approximate surface area is 263 Å². The second-order valence-electron chi connectivity index (χ2n) is 11.8. The quantitative estimate of drug-likeness (QED) is 0.175. The van der Waals surface area contributed by atoms with Crippen LogP contribution in [-0.2, 0) is 32.3 Å². The van der Waals surface area contributed by atoms with Gasteiger partial charge in [0.1, 0.15) is 6.04 Å². The molecule has 43 heavy (non-hydrogen) atoms. The fourth-order valence-corrected chi connectivity index (χ4v) is 8.53. The van der Waals surface area contributed by atoms with Crippen LogP contribution < -0.4 is 5.32 Å². The minimum Gasteiger partial charge on any atom is -0.468 e. The maximum Gasteiger partial charge on any atom is 0.322 e. The molecular weight excluding hydrogens is 575 g/mol. The molecule has 1 unspecified atom stereocenters. The summed E-state index contributed by atoms with van der Waals surface area (Å²) in [6, 6.07) is 23.2. The number of nitrogens with one attached hydrogen (secondary N) is 1. The van der Waals surface area contributed by atoms with Gasteiger partial charge in [-0.05, 0) is 90.5 Å². The molecule has 0 saturated heterocycles. The summed E-state index contributed by atoms with van der Waals surface area (Å²) in [7, 11) is -2.08. The Hall–Kier alpha value is -2.61. The first kappa shape index (κ1) is 33.3. The Balaban J connectivity index is 1.65. The molecule has 0 aromatic heterocycles. The number of hydrogen-bond acceptors (Lipinski definition) is 6. The molecular formula is C36H47NO4S2. The van der Waals surface area contributed by atoms with Gasteiger partial charge in [0.05, 0.1) is 17.3 Å². The van der Waals surface area contributed by atoms with Crippen LogP contribution in [0.4, 0.5) is 0 Å². The van der Waals surface area contributed by atoms with Crippen molar-refractivity contribution in [3.05, 3.63) is 89.5 Å². The largest absolute Gasteiger partial charge is 0.468 e. The highest BCUT2D eigenvalue weighted by Gasteiger charge is 2.29. The molecule has 4 rings (SSSR count). The van der Waals surface area contributed by atoms with Gasteiger partial charge < -0.3 is 10.1 Å². The van der Waals surface area contributed by atoms with Crippen LogP contribution in [0.15, 0.2) is 77.7 Å². The molecule has 3 aromatic carbocycles. The third-order valence-corrected chi connectivity index (χ3v) is 11.7. The molecule has 1 saturated carbocycles. The first-order chi connectivity index (χ1) is 20.8. The van der Waals surface area contributed by atoms with Crippen LogP contribution in [-0.4, -0.2) is 44.8 Å². The SMILES string of the molecule is COC(=O)[C@H](CCSC)NCc1ccc(CC(CCC2CCCCC2)S(=O)(=O)c2ccccc2)cc1-c1ccccc1C. The molecule has 7 heteroatoms. The summed E-state index contributed by atoms with van der Waals surface area (Å²) < 4.78 is 33.0. The summed E-state index contributed by atoms with van der Waals surface area (Å²) in [6.07, 6.45) is 11.0. The molecule has 0 spiro atoms. The number of hydrogen-bond donors (Lipinski definition) is 1. The van der Waals surface area contributed by atoms with Crippen LogP contribution in [0.1, 0.15) is 68.1 Å². The Bertz CT molecular complexity index is 1420. The average Bonchev–Trinajstić information content (AvgIpc) is 3.04. The van der Waals surface area contributed by atoms with Crippen LogP contribution in [0.25, 0.3) is 11.1 Å². The van der Waals surface area contributed by atoms with Crippen LogP contribution in [0.5, 0.6) is 0 Å². The van der Waals surface area contributed by atoms with Crippen LogP contribution in [0.2, 0.25) is 0 Å². The molecule has 0 heterocycles. The van der Waals surface area contributed by atoms with Crippen molar-refractivity contribution in [3.8, 4) is 11.1 Å². The number of esters is 1. The first-order valence-electron chi connectivity index (χ1n) is 15.6. The van der Waals surface area contributed by atoms with Gasteiger partial charge in [-0.1, -0.05) is 92.8 Å². The number of carbonyl (C=O) groups excluding carboxylic acids is 1. The zero-order chi connectivity index (χ0) is 30.7. The third kappa shape index (κ3) is 9.19. The van der Waals surface area contributed by atoms with Gasteiger partial charge in [-0.25, -0.2) is 8.42 Å². The Morgan fingerprint density at radius 3 is 2.37 bits per heavy atom. The summed E-state index contributed by atoms with van der Waals surface area (Å²) in [5, 5.41) is 2.94. The Morgan fingerprint density at radius 2 is 1.67 bits per heavy atom. The normalized spacial score (nSPS) is 15.6. The van der Waals surface area contributed by atoms with Gasteiger partial charge in [-0.15, -0.1) is 0 Å². The van der Waals surface area contributed by atoms with E-state index in [1.54, 1.807) is 23.9 Å². The van der Waals surface area contributed by atoms with Crippen molar-refractivity contribution in [1.29, 1.82) is 0 Å². The molecule has 1 aliphatic rings. The van der Waals surface area contributed by atoms with Gasteiger partial charge in [-0.2, -0.15) is 11.8 Å². The summed E-state index contributed by atoms with van der Waals surface area (Å²) in [5.74, 6) is 1.22. The van der Waals surface area contributed by atoms with E-state index in [4.69, 9.17) is 4.74 Å². The maximum absolute atomic E-state index is 14.0. The van der Waals surface area contributed by atoms with Crippen molar-refractivity contribution in [1.82, 2.24) is 5.32 Å². The molecule has 0 bridgehead atoms. The van der Waals surface area contributed by atoms with E-state index in [0.717, 1.165) is 40.0 Å². The molecule has 232 valence electrons. The molecule has 1 N–H and O–H groups in total. The second kappa shape index (κ2) is 16.5. The first-order valence-corrected chi connectivity index (χ1v) is 18.5. The number of ether oxygens (including phenoxy) is 1. The van der Waals surface area contributed by atoms with Gasteiger partial charge in [-0.3, -0.25) is 4.79 Å². The topological polar surface area (TPSA) is 72.5 Å². The third-order valence-electron chi connectivity index (χ3n) is 8.84. The monoisotopic (exact) mass is 621 g/mol. The number of thioether (sulfide) groups is 1. The van der Waals surface area contributed by atoms with Crippen LogP contribution >= 0.6 is 11.8 Å². The molecule has 0 amide bonds. The van der Waals surface area contributed by atoms with Gasteiger partial charge in [0, 0.05) is 6.54 Å². The lowest BCUT2D eigenvalue weighted by Crippen LogP contribution is -2.37. The molecule has 1 fully saturated rings. The van der Waals surface area contributed by atoms with E-state index in [1.165, 1.54) is 39.2 Å². The van der Waals surface area contributed by atoms with Crippen molar-refractivity contribution in [2.45, 2.75) is 87.4 Å². The van der Waals surface area contributed by atoms with Crippen molar-refractivity contribution >= 4 is 27.6 Å². The van der Waals surface area contributed by atoms with E-state index in [1.807, 2.05) is 36.6 Å². The maximum atomic E-state index is 14.0. The smallest absolute Gasteiger partial charge is 0.322 e. The number of sulfone groups is 1. The zero-order valence-corrected chi connectivity index (χ0v) is 27.5. The van der Waals surface area contributed by atoms with Gasteiger partial charge in [0.15, 0.2) is 9.84 Å². The fourth-order valence-electron chi connectivity index (χ4n) is 6.27. The van der Waals surface area contributed by atoms with E-state index < -0.39 is 15.1 Å². The summed E-state index contributed by atoms with van der Waals surface area (Å²) in [4.78, 5) is 12.9. The number of carbonyl (C=O) groups is 1. The van der Waals surface area contributed by atoms with Crippen molar-refractivity contribution in [3.63, 3.8) is 0 Å². The fraction of sp³-hybridized carbons (Fsp3) is 0.472. The van der Waals surface area contributed by atoms with E-state index in [2.05, 4.69) is 42.6 Å². The van der Waals surface area contributed by atoms with Crippen molar-refractivity contribution < 1.29 is 17.9 Å². The Morgan fingerprint density at radius 1 is 0.953 bits per heavy atom. The van der Waals surface area contributed by atoms with Gasteiger partial charge >= 0.3 is 5.97 Å². The highest BCUT2D eigenvalue weighted by Crippen LogP contribution is 2.33. The van der Waals surface area contributed by atoms with E-state index >= 15 is 0 Å². The molecule has 2 atom stereocenters. The molecule has 3 aromatic rings. The number of benzene rings is 3. The minimum atomic E-state index is -3.50. The van der Waals surface area contributed by atoms with E-state index in [9.17, 15) is 13.2 Å². The summed E-state index contributed by atoms with van der Waals surface area (Å²) >= 11 is 1.71. The summed E-state index contributed by atoms with van der Waals surface area (Å²) in [5.41, 5.74) is 5.42. The van der Waals surface area contributed by atoms with Gasteiger partial charge in [0.2, 0.25) is 0 Å². The van der Waals surface area contributed by atoms with Crippen LogP contribution in [0, 0.1) is 12.8 Å². The highest BCUT2D eigenvalue weighted by molar-refractivity contribution is 7.98. The molecule has 5 nitrogen and oxygen atoms in total. The van der Waals surface area contributed by atoms with Crippen molar-refractivity contribution in [2.75, 3.05) is 19.1 Å². The van der Waals surface area contributed by atoms with E-state index in [-0.39, 0.29) is 12.0 Å². The lowest BCUT2D eigenvalue weighted by molar-refractivity contribution is -0.143. The lowest BCUT2D eigenvalue weighted by Gasteiger charge is -2.25. The van der Waals surface area contributed by atoms with Gasteiger partial charge in [0.25, 0.3) is 0 Å². The summed E-state index contributed by atoms with van der Waals surface area (Å²) in [6.45, 7) is 2.60. The zero-order valence-electron chi connectivity index (χ0n) is 25.9. The molecule has 0 aliphatic heterocycles. The standard InChI is InChI=1S/C36H47NO4S2/c1-27-12-10-11-17-33(27)34-25-29(18-20-30(34)26-37-35(22-23-42-3)36(38)41-2)24-32(21-19-28-13-6-4-7-14-28)43(39,40)31-15-8-5-9-16-31/h5,8-12,15-18,20,25,28,32,35,37H,4,6-7,13-14,19,21-24,26H2,1-3H3/t32?,35-/m0/s1.